The summed E-state index contributed by atoms with van der Waals surface area (Å²) >= 11 is 3.32. The number of thiophene rings is 1. The molecule has 0 atom stereocenters. The maximum absolute atomic E-state index is 12.5. The Hall–Kier alpha value is -1.79. The van der Waals surface area contributed by atoms with E-state index in [0.29, 0.717) is 5.56 Å². The Kier molecular flexibility index (Phi) is 5.26. The Morgan fingerprint density at radius 1 is 1.08 bits per heavy atom. The number of carbonyl (C=O) groups is 2. The number of amides is 2. The number of thioether (sulfide) groups is 1. The normalized spacial score (nSPS) is 14.5. The van der Waals surface area contributed by atoms with Gasteiger partial charge in [-0.1, -0.05) is 0 Å². The molecular weight excluding hydrogens is 340 g/mol. The summed E-state index contributed by atoms with van der Waals surface area (Å²) in [4.78, 5) is 27.5. The van der Waals surface area contributed by atoms with Gasteiger partial charge in [0, 0.05) is 35.8 Å². The molecule has 1 aliphatic rings. The second kappa shape index (κ2) is 7.40. The molecule has 1 N–H and O–H groups in total. The van der Waals surface area contributed by atoms with Gasteiger partial charge in [0.15, 0.2) is 0 Å². The summed E-state index contributed by atoms with van der Waals surface area (Å²) in [6.07, 6.45) is 0. The molecule has 3 rings (SSSR count). The molecule has 0 saturated carbocycles. The van der Waals surface area contributed by atoms with Crippen LogP contribution in [0.15, 0.2) is 29.6 Å². The molecule has 0 unspecified atom stereocenters. The molecule has 0 spiro atoms. The van der Waals surface area contributed by atoms with Crippen molar-refractivity contribution in [2.24, 2.45) is 0 Å². The van der Waals surface area contributed by atoms with Crippen molar-refractivity contribution in [2.45, 2.75) is 13.8 Å². The number of carbonyl (C=O) groups excluding carboxylic acids is 2. The number of nitrogens with zero attached hydrogens (tertiary/aromatic N) is 1. The lowest BCUT2D eigenvalue weighted by molar-refractivity contribution is 0.0772. The van der Waals surface area contributed by atoms with Crippen molar-refractivity contribution in [3.63, 3.8) is 0 Å². The molecule has 126 valence electrons. The summed E-state index contributed by atoms with van der Waals surface area (Å²) in [6, 6.07) is 7.42. The van der Waals surface area contributed by atoms with Gasteiger partial charge in [0.05, 0.1) is 4.88 Å². The van der Waals surface area contributed by atoms with Gasteiger partial charge in [-0.2, -0.15) is 11.8 Å². The van der Waals surface area contributed by atoms with E-state index in [2.05, 4.69) is 5.32 Å². The van der Waals surface area contributed by atoms with Crippen molar-refractivity contribution in [2.75, 3.05) is 29.9 Å². The molecule has 2 aromatic rings. The average Bonchev–Trinajstić information content (AvgIpc) is 3.03. The van der Waals surface area contributed by atoms with Gasteiger partial charge < -0.3 is 10.2 Å². The van der Waals surface area contributed by atoms with Crippen molar-refractivity contribution >= 4 is 40.6 Å². The van der Waals surface area contributed by atoms with Gasteiger partial charge in [-0.15, -0.1) is 11.3 Å². The minimum Gasteiger partial charge on any atom is -0.337 e. The van der Waals surface area contributed by atoms with Crippen molar-refractivity contribution < 1.29 is 9.59 Å². The van der Waals surface area contributed by atoms with Gasteiger partial charge >= 0.3 is 0 Å². The molecule has 2 amide bonds. The van der Waals surface area contributed by atoms with Crippen LogP contribution in [0.2, 0.25) is 0 Å². The van der Waals surface area contributed by atoms with Crippen LogP contribution < -0.4 is 5.32 Å². The number of hydrogen-bond acceptors (Lipinski definition) is 4. The lowest BCUT2D eigenvalue weighted by Gasteiger charge is -2.26. The molecular formula is C18H20N2O2S2. The van der Waals surface area contributed by atoms with Crippen LogP contribution in [0, 0.1) is 13.8 Å². The fourth-order valence-corrected chi connectivity index (χ4v) is 4.39. The zero-order valence-corrected chi connectivity index (χ0v) is 15.4. The lowest BCUT2D eigenvalue weighted by Crippen LogP contribution is -2.37. The predicted octanol–water partition coefficient (Wildman–Crippen LogP) is 3.81. The van der Waals surface area contributed by atoms with Crippen LogP contribution in [-0.2, 0) is 0 Å². The molecule has 1 fully saturated rings. The fourth-order valence-electron chi connectivity index (χ4n) is 2.67. The zero-order chi connectivity index (χ0) is 17.1. The van der Waals surface area contributed by atoms with Crippen molar-refractivity contribution in [3.05, 3.63) is 51.2 Å². The molecule has 2 heterocycles. The van der Waals surface area contributed by atoms with Crippen molar-refractivity contribution in [1.29, 1.82) is 0 Å². The molecule has 1 aliphatic heterocycles. The first kappa shape index (κ1) is 17.0. The summed E-state index contributed by atoms with van der Waals surface area (Å²) in [7, 11) is 0. The first-order chi connectivity index (χ1) is 11.6. The second-order valence-electron chi connectivity index (χ2n) is 5.82. The standard InChI is InChI=1S/C18H20N2O2S2/c1-12-5-8-24-16(12)17(21)19-15-4-3-14(11-13(15)2)18(22)20-6-9-23-10-7-20/h3-5,8,11H,6-7,9-10H2,1-2H3,(H,19,21). The third-order valence-corrected chi connectivity index (χ3v) is 6.05. The highest BCUT2D eigenvalue weighted by Gasteiger charge is 2.19. The van der Waals surface area contributed by atoms with E-state index in [9.17, 15) is 9.59 Å². The van der Waals surface area contributed by atoms with E-state index >= 15 is 0 Å². The maximum atomic E-state index is 12.5. The van der Waals surface area contributed by atoms with Crippen LogP contribution in [0.1, 0.15) is 31.2 Å². The van der Waals surface area contributed by atoms with E-state index in [1.54, 1.807) is 6.07 Å². The summed E-state index contributed by atoms with van der Waals surface area (Å²) in [5.41, 5.74) is 3.31. The molecule has 24 heavy (non-hydrogen) atoms. The minimum absolute atomic E-state index is 0.0744. The van der Waals surface area contributed by atoms with Gasteiger partial charge in [0.2, 0.25) is 0 Å². The zero-order valence-electron chi connectivity index (χ0n) is 13.8. The Labute approximate surface area is 150 Å². The lowest BCUT2D eigenvalue weighted by atomic mass is 10.1. The largest absolute Gasteiger partial charge is 0.337 e. The smallest absolute Gasteiger partial charge is 0.266 e. The molecule has 6 heteroatoms. The molecule has 1 aromatic heterocycles. The average molecular weight is 361 g/mol. The van der Waals surface area contributed by atoms with E-state index in [1.165, 1.54) is 11.3 Å². The Bertz CT molecular complexity index is 764. The third kappa shape index (κ3) is 3.65. The van der Waals surface area contributed by atoms with Crippen LogP contribution in [0.4, 0.5) is 5.69 Å². The summed E-state index contributed by atoms with van der Waals surface area (Å²) in [5, 5.41) is 4.85. The van der Waals surface area contributed by atoms with Gasteiger partial charge in [-0.3, -0.25) is 9.59 Å². The number of rotatable bonds is 3. The van der Waals surface area contributed by atoms with E-state index in [0.717, 1.165) is 46.3 Å². The molecule has 1 aromatic carbocycles. The molecule has 1 saturated heterocycles. The Morgan fingerprint density at radius 3 is 2.46 bits per heavy atom. The van der Waals surface area contributed by atoms with Gasteiger partial charge in [0.25, 0.3) is 11.8 Å². The molecule has 0 bridgehead atoms. The van der Waals surface area contributed by atoms with Crippen LogP contribution >= 0.6 is 23.1 Å². The summed E-state index contributed by atoms with van der Waals surface area (Å²) in [5.74, 6) is 1.97. The third-order valence-electron chi connectivity index (χ3n) is 4.09. The van der Waals surface area contributed by atoms with Crippen LogP contribution in [0.5, 0.6) is 0 Å². The minimum atomic E-state index is -0.0993. The number of anilines is 1. The van der Waals surface area contributed by atoms with Crippen LogP contribution in [0.25, 0.3) is 0 Å². The monoisotopic (exact) mass is 360 g/mol. The quantitative estimate of drug-likeness (QED) is 0.906. The number of hydrogen-bond donors (Lipinski definition) is 1. The molecule has 0 aliphatic carbocycles. The SMILES string of the molecule is Cc1cc(C(=O)N2CCSCC2)ccc1NC(=O)c1sccc1C. The molecule has 0 radical (unpaired) electrons. The first-order valence-corrected chi connectivity index (χ1v) is 9.93. The van der Waals surface area contributed by atoms with E-state index in [4.69, 9.17) is 0 Å². The Balaban J connectivity index is 1.74. The van der Waals surface area contributed by atoms with E-state index < -0.39 is 0 Å². The summed E-state index contributed by atoms with van der Waals surface area (Å²) < 4.78 is 0. The molecule has 4 nitrogen and oxygen atoms in total. The highest BCUT2D eigenvalue weighted by molar-refractivity contribution is 7.99. The van der Waals surface area contributed by atoms with Crippen molar-refractivity contribution in [3.8, 4) is 0 Å². The fraction of sp³-hybridized carbons (Fsp3) is 0.333. The first-order valence-electron chi connectivity index (χ1n) is 7.89. The van der Waals surface area contributed by atoms with Crippen LogP contribution in [-0.4, -0.2) is 41.3 Å². The van der Waals surface area contributed by atoms with E-state index in [-0.39, 0.29) is 11.8 Å². The highest BCUT2D eigenvalue weighted by atomic mass is 32.2. The maximum Gasteiger partial charge on any atom is 0.266 e. The summed E-state index contributed by atoms with van der Waals surface area (Å²) in [6.45, 7) is 5.45. The number of nitrogens with one attached hydrogen (secondary N) is 1. The van der Waals surface area contributed by atoms with Crippen molar-refractivity contribution in [1.82, 2.24) is 4.90 Å². The number of benzene rings is 1. The predicted molar refractivity (Wildman–Crippen MR) is 101 cm³/mol. The highest BCUT2D eigenvalue weighted by Crippen LogP contribution is 2.22. The van der Waals surface area contributed by atoms with Gasteiger partial charge in [0.1, 0.15) is 0 Å². The second-order valence-corrected chi connectivity index (χ2v) is 7.96. The van der Waals surface area contributed by atoms with Gasteiger partial charge in [-0.25, -0.2) is 0 Å². The van der Waals surface area contributed by atoms with E-state index in [1.807, 2.05) is 54.1 Å². The van der Waals surface area contributed by atoms with Gasteiger partial charge in [-0.05, 0) is 54.6 Å². The topological polar surface area (TPSA) is 49.4 Å². The Morgan fingerprint density at radius 2 is 1.83 bits per heavy atom. The van der Waals surface area contributed by atoms with Crippen LogP contribution in [0.3, 0.4) is 0 Å². The number of aryl methyl sites for hydroxylation is 2.